The molecule has 1 heterocycles. The number of hydrogen-bond donors (Lipinski definition) is 0. The summed E-state index contributed by atoms with van der Waals surface area (Å²) in [5.41, 5.74) is 0. The molecule has 1 aliphatic rings. The topological polar surface area (TPSA) is 52.6 Å². The number of carbonyl (C=O) groups is 2. The predicted octanol–water partition coefficient (Wildman–Crippen LogP) is 1.06. The minimum Gasteiger partial charge on any atom is -0.432 e. The van der Waals surface area contributed by atoms with Gasteiger partial charge in [0.25, 0.3) is 0 Å². The Bertz CT molecular complexity index is 267. The van der Waals surface area contributed by atoms with E-state index < -0.39 is 12.4 Å². The summed E-state index contributed by atoms with van der Waals surface area (Å²) in [7, 11) is 0. The van der Waals surface area contributed by atoms with Crippen LogP contribution in [0.2, 0.25) is 0 Å². The van der Waals surface area contributed by atoms with Gasteiger partial charge in [-0.2, -0.15) is 0 Å². The van der Waals surface area contributed by atoms with Crippen molar-refractivity contribution in [3.05, 3.63) is 12.2 Å². The fourth-order valence-electron chi connectivity index (χ4n) is 0.940. The summed E-state index contributed by atoms with van der Waals surface area (Å²) >= 11 is 0. The van der Waals surface area contributed by atoms with E-state index in [0.29, 0.717) is 0 Å². The Morgan fingerprint density at radius 1 is 1.57 bits per heavy atom. The molecule has 0 saturated carbocycles. The van der Waals surface area contributed by atoms with Gasteiger partial charge in [0.2, 0.25) is 6.29 Å². The number of esters is 1. The molecule has 0 fully saturated rings. The summed E-state index contributed by atoms with van der Waals surface area (Å²) in [6, 6.07) is 0. The van der Waals surface area contributed by atoms with Gasteiger partial charge in [0, 0.05) is 0 Å². The molecule has 4 heteroatoms. The van der Waals surface area contributed by atoms with Gasteiger partial charge in [-0.1, -0.05) is 13.8 Å². The molecule has 0 aromatic rings. The van der Waals surface area contributed by atoms with E-state index in [1.807, 2.05) is 0 Å². The maximum absolute atomic E-state index is 11.2. The summed E-state index contributed by atoms with van der Waals surface area (Å²) in [5.74, 6) is -0.636. The highest BCUT2D eigenvalue weighted by molar-refractivity contribution is 5.93. The monoisotopic (exact) mass is 198 g/mol. The predicted molar refractivity (Wildman–Crippen MR) is 49.4 cm³/mol. The Hall–Kier alpha value is -1.16. The Morgan fingerprint density at radius 3 is 2.71 bits per heavy atom. The summed E-state index contributed by atoms with van der Waals surface area (Å²) in [6.07, 6.45) is 1.57. The zero-order chi connectivity index (χ0) is 10.7. The van der Waals surface area contributed by atoms with Gasteiger partial charge >= 0.3 is 5.97 Å². The van der Waals surface area contributed by atoms with Crippen molar-refractivity contribution in [3.8, 4) is 0 Å². The van der Waals surface area contributed by atoms with Crippen LogP contribution in [0.15, 0.2) is 12.2 Å². The molecule has 4 nitrogen and oxygen atoms in total. The average molecular weight is 198 g/mol. The fraction of sp³-hybridized carbons (Fsp3) is 0.600. The molecule has 0 saturated heterocycles. The molecule has 2 atom stereocenters. The van der Waals surface area contributed by atoms with E-state index in [1.54, 1.807) is 20.8 Å². The molecular weight excluding hydrogens is 184 g/mol. The molecule has 1 rings (SSSR count). The largest absolute Gasteiger partial charge is 0.432 e. The van der Waals surface area contributed by atoms with E-state index in [1.165, 1.54) is 12.2 Å². The first-order chi connectivity index (χ1) is 6.50. The molecule has 78 valence electrons. The molecule has 0 radical (unpaired) electrons. The van der Waals surface area contributed by atoms with Crippen molar-refractivity contribution in [2.24, 2.45) is 5.92 Å². The van der Waals surface area contributed by atoms with Gasteiger partial charge in [-0.25, -0.2) is 0 Å². The summed E-state index contributed by atoms with van der Waals surface area (Å²) in [5, 5.41) is 0. The van der Waals surface area contributed by atoms with Gasteiger partial charge in [0.1, 0.15) is 6.10 Å². The van der Waals surface area contributed by atoms with Crippen LogP contribution in [0.5, 0.6) is 0 Å². The molecule has 0 amide bonds. The van der Waals surface area contributed by atoms with Crippen LogP contribution in [0.3, 0.4) is 0 Å². The molecule has 0 bridgehead atoms. The second-order valence-electron chi connectivity index (χ2n) is 3.50. The van der Waals surface area contributed by atoms with Crippen molar-refractivity contribution in [2.45, 2.75) is 33.2 Å². The highest BCUT2D eigenvalue weighted by atomic mass is 16.7. The lowest BCUT2D eigenvalue weighted by molar-refractivity contribution is -0.183. The van der Waals surface area contributed by atoms with E-state index >= 15 is 0 Å². The van der Waals surface area contributed by atoms with Gasteiger partial charge in [0.15, 0.2) is 5.78 Å². The van der Waals surface area contributed by atoms with Crippen molar-refractivity contribution >= 4 is 11.8 Å². The van der Waals surface area contributed by atoms with E-state index in [4.69, 9.17) is 9.47 Å². The average Bonchev–Trinajstić information content (AvgIpc) is 2.11. The van der Waals surface area contributed by atoms with Crippen molar-refractivity contribution in [1.82, 2.24) is 0 Å². The first-order valence-electron chi connectivity index (χ1n) is 4.58. The van der Waals surface area contributed by atoms with Crippen molar-refractivity contribution in [2.75, 3.05) is 0 Å². The summed E-state index contributed by atoms with van der Waals surface area (Å²) < 4.78 is 10.1. The normalized spacial score (nSPS) is 26.7. The maximum Gasteiger partial charge on any atom is 0.310 e. The van der Waals surface area contributed by atoms with E-state index in [0.717, 1.165) is 0 Å². The van der Waals surface area contributed by atoms with Crippen molar-refractivity contribution < 1.29 is 19.1 Å². The molecule has 0 N–H and O–H groups in total. The van der Waals surface area contributed by atoms with Crippen LogP contribution in [-0.4, -0.2) is 24.1 Å². The molecule has 1 aliphatic heterocycles. The second-order valence-corrected chi connectivity index (χ2v) is 3.50. The van der Waals surface area contributed by atoms with E-state index in [9.17, 15) is 9.59 Å². The number of ether oxygens (including phenoxy) is 2. The Morgan fingerprint density at radius 2 is 2.21 bits per heavy atom. The lowest BCUT2D eigenvalue weighted by atomic mass is 10.2. The highest BCUT2D eigenvalue weighted by Gasteiger charge is 2.24. The number of hydrogen-bond acceptors (Lipinski definition) is 4. The summed E-state index contributed by atoms with van der Waals surface area (Å²) in [6.45, 7) is 5.11. The smallest absolute Gasteiger partial charge is 0.310 e. The molecule has 0 aromatic heterocycles. The van der Waals surface area contributed by atoms with Crippen LogP contribution in [0.4, 0.5) is 0 Å². The number of rotatable bonds is 2. The van der Waals surface area contributed by atoms with Crippen LogP contribution in [0.1, 0.15) is 20.8 Å². The third-order valence-corrected chi connectivity index (χ3v) is 1.86. The molecule has 2 unspecified atom stereocenters. The number of carbonyl (C=O) groups excluding carboxylic acids is 2. The molecule has 0 aromatic carbocycles. The zero-order valence-corrected chi connectivity index (χ0v) is 8.52. The fourth-order valence-corrected chi connectivity index (χ4v) is 0.940. The Labute approximate surface area is 82.9 Å². The van der Waals surface area contributed by atoms with Crippen LogP contribution >= 0.6 is 0 Å². The minimum atomic E-state index is -0.724. The standard InChI is InChI=1S/C10H14O4/c1-6(2)10(12)14-9-5-4-8(11)7(3)13-9/h4-7,9H,1-3H3. The Kier molecular flexibility index (Phi) is 3.41. The maximum atomic E-state index is 11.2. The summed E-state index contributed by atoms with van der Waals surface area (Å²) in [4.78, 5) is 22.2. The van der Waals surface area contributed by atoms with Gasteiger partial charge in [-0.15, -0.1) is 0 Å². The zero-order valence-electron chi connectivity index (χ0n) is 8.52. The van der Waals surface area contributed by atoms with Crippen LogP contribution in [-0.2, 0) is 19.1 Å². The lowest BCUT2D eigenvalue weighted by Crippen LogP contribution is -2.33. The van der Waals surface area contributed by atoms with E-state index in [-0.39, 0.29) is 17.7 Å². The van der Waals surface area contributed by atoms with Crippen LogP contribution in [0.25, 0.3) is 0 Å². The highest BCUT2D eigenvalue weighted by Crippen LogP contribution is 2.11. The van der Waals surface area contributed by atoms with Crippen LogP contribution < -0.4 is 0 Å². The van der Waals surface area contributed by atoms with Crippen LogP contribution in [0, 0.1) is 5.92 Å². The first-order valence-corrected chi connectivity index (χ1v) is 4.58. The van der Waals surface area contributed by atoms with Gasteiger partial charge in [0.05, 0.1) is 5.92 Å². The van der Waals surface area contributed by atoms with Gasteiger partial charge in [-0.3, -0.25) is 9.59 Å². The second kappa shape index (κ2) is 4.37. The molecular formula is C10H14O4. The third-order valence-electron chi connectivity index (χ3n) is 1.86. The molecule has 0 spiro atoms. The molecule has 0 aliphatic carbocycles. The quantitative estimate of drug-likeness (QED) is 0.622. The SMILES string of the molecule is CC(C)C(=O)OC1C=CC(=O)C(C)O1. The van der Waals surface area contributed by atoms with Gasteiger partial charge in [-0.05, 0) is 19.1 Å². The van der Waals surface area contributed by atoms with Crippen molar-refractivity contribution in [3.63, 3.8) is 0 Å². The number of ketones is 1. The first kappa shape index (κ1) is 10.9. The van der Waals surface area contributed by atoms with Gasteiger partial charge < -0.3 is 9.47 Å². The minimum absolute atomic E-state index is 0.109. The third kappa shape index (κ3) is 2.67. The Balaban J connectivity index is 2.52. The van der Waals surface area contributed by atoms with E-state index in [2.05, 4.69) is 0 Å². The van der Waals surface area contributed by atoms with Crippen molar-refractivity contribution in [1.29, 1.82) is 0 Å². The molecule has 14 heavy (non-hydrogen) atoms. The lowest BCUT2D eigenvalue weighted by Gasteiger charge is -2.22.